The van der Waals surface area contributed by atoms with Gasteiger partial charge in [0.25, 0.3) is 0 Å². The second-order valence-electron chi connectivity index (χ2n) is 4.75. The topological polar surface area (TPSA) is 9.23 Å². The molecule has 0 saturated carbocycles. The first kappa shape index (κ1) is 15.0. The first-order valence-electron chi connectivity index (χ1n) is 6.81. The van der Waals surface area contributed by atoms with Crippen LogP contribution in [0.2, 0.25) is 0 Å². The van der Waals surface area contributed by atoms with Crippen LogP contribution in [0.15, 0.2) is 0 Å². The van der Waals surface area contributed by atoms with Gasteiger partial charge in [-0.05, 0) is 37.0 Å². The molecule has 1 aliphatic heterocycles. The highest BCUT2D eigenvalue weighted by molar-refractivity contribution is 4.72. The maximum Gasteiger partial charge on any atom is 0.0468 e. The highest BCUT2D eigenvalue weighted by Crippen LogP contribution is 2.30. The van der Waals surface area contributed by atoms with Crippen LogP contribution in [-0.4, -0.2) is 13.2 Å². The van der Waals surface area contributed by atoms with Crippen LogP contribution in [0.5, 0.6) is 0 Å². The van der Waals surface area contributed by atoms with E-state index >= 15 is 0 Å². The predicted octanol–water partition coefficient (Wildman–Crippen LogP) is 4.51. The van der Waals surface area contributed by atoms with Crippen LogP contribution in [0.3, 0.4) is 0 Å². The smallest absolute Gasteiger partial charge is 0.0468 e. The Morgan fingerprint density at radius 1 is 1.13 bits per heavy atom. The zero-order chi connectivity index (χ0) is 11.7. The van der Waals surface area contributed by atoms with Crippen LogP contribution in [0.4, 0.5) is 0 Å². The van der Waals surface area contributed by atoms with Gasteiger partial charge in [0.15, 0.2) is 0 Å². The van der Waals surface area contributed by atoms with Gasteiger partial charge in [0.2, 0.25) is 0 Å². The van der Waals surface area contributed by atoms with Crippen molar-refractivity contribution in [3.63, 3.8) is 0 Å². The zero-order valence-electron chi connectivity index (χ0n) is 11.4. The van der Waals surface area contributed by atoms with Crippen LogP contribution in [0, 0.1) is 17.8 Å². The maximum atomic E-state index is 5.40. The summed E-state index contributed by atoms with van der Waals surface area (Å²) in [5.41, 5.74) is 0. The predicted molar refractivity (Wildman–Crippen MR) is 68.1 cm³/mol. The summed E-state index contributed by atoms with van der Waals surface area (Å²) in [7, 11) is 0. The normalized spacial score (nSPS) is 19.6. The van der Waals surface area contributed by atoms with E-state index in [0.717, 1.165) is 31.0 Å². The molecule has 0 spiro atoms. The van der Waals surface area contributed by atoms with E-state index in [1.54, 1.807) is 0 Å². The van der Waals surface area contributed by atoms with Crippen molar-refractivity contribution >= 4 is 0 Å². The molecule has 1 saturated heterocycles. The molecule has 0 aromatic carbocycles. The van der Waals surface area contributed by atoms with Gasteiger partial charge in [0.1, 0.15) is 0 Å². The highest BCUT2D eigenvalue weighted by Gasteiger charge is 2.22. The van der Waals surface area contributed by atoms with Crippen molar-refractivity contribution in [1.29, 1.82) is 0 Å². The Hall–Kier alpha value is -0.0400. The molecule has 0 N–H and O–H groups in total. The van der Waals surface area contributed by atoms with Crippen molar-refractivity contribution in [2.24, 2.45) is 17.8 Å². The van der Waals surface area contributed by atoms with E-state index < -0.39 is 0 Å². The highest BCUT2D eigenvalue weighted by atomic mass is 16.5. The van der Waals surface area contributed by atoms with Crippen molar-refractivity contribution in [3.8, 4) is 0 Å². The van der Waals surface area contributed by atoms with Crippen molar-refractivity contribution in [3.05, 3.63) is 0 Å². The number of hydrogen-bond donors (Lipinski definition) is 0. The van der Waals surface area contributed by atoms with E-state index in [2.05, 4.69) is 20.8 Å². The molecule has 0 aromatic rings. The summed E-state index contributed by atoms with van der Waals surface area (Å²) < 4.78 is 5.40. The standard InChI is InChI=1S/C12H24O.C2H6/c1-4-11(9-10(2)3)12-5-7-13-8-6-12;1-2/h10-12H,4-9H2,1-3H3;1-2H3. The molecule has 1 rings (SSSR count). The first-order valence-corrected chi connectivity index (χ1v) is 6.81. The first-order chi connectivity index (χ1) is 7.24. The molecule has 1 nitrogen and oxygen atoms in total. The van der Waals surface area contributed by atoms with E-state index in [4.69, 9.17) is 4.74 Å². The summed E-state index contributed by atoms with van der Waals surface area (Å²) in [6, 6.07) is 0. The minimum atomic E-state index is 0.854. The monoisotopic (exact) mass is 214 g/mol. The third-order valence-electron chi connectivity index (χ3n) is 3.23. The van der Waals surface area contributed by atoms with Crippen LogP contribution in [0.1, 0.15) is 60.3 Å². The van der Waals surface area contributed by atoms with Gasteiger partial charge in [-0.2, -0.15) is 0 Å². The summed E-state index contributed by atoms with van der Waals surface area (Å²) in [5, 5.41) is 0. The van der Waals surface area contributed by atoms with Crippen LogP contribution in [0.25, 0.3) is 0 Å². The van der Waals surface area contributed by atoms with Crippen LogP contribution in [-0.2, 0) is 4.74 Å². The minimum absolute atomic E-state index is 0.854. The average Bonchev–Trinajstić information content (AvgIpc) is 2.29. The van der Waals surface area contributed by atoms with E-state index in [1.165, 1.54) is 25.7 Å². The number of hydrogen-bond acceptors (Lipinski definition) is 1. The Balaban J connectivity index is 0.000000921. The van der Waals surface area contributed by atoms with E-state index in [0.29, 0.717) is 0 Å². The van der Waals surface area contributed by atoms with Gasteiger partial charge in [-0.3, -0.25) is 0 Å². The Morgan fingerprint density at radius 2 is 1.67 bits per heavy atom. The molecule has 1 heterocycles. The second-order valence-corrected chi connectivity index (χ2v) is 4.75. The lowest BCUT2D eigenvalue weighted by Crippen LogP contribution is -2.24. The Kier molecular flexibility index (Phi) is 9.18. The summed E-state index contributed by atoms with van der Waals surface area (Å²) in [4.78, 5) is 0. The SMILES string of the molecule is CC.CCC(CC(C)C)C1CCOCC1. The van der Waals surface area contributed by atoms with E-state index in [-0.39, 0.29) is 0 Å². The molecule has 0 aromatic heterocycles. The fraction of sp³-hybridized carbons (Fsp3) is 1.00. The van der Waals surface area contributed by atoms with Gasteiger partial charge < -0.3 is 4.74 Å². The molecule has 0 radical (unpaired) electrons. The molecule has 15 heavy (non-hydrogen) atoms. The average molecular weight is 214 g/mol. The summed E-state index contributed by atoms with van der Waals surface area (Å²) in [5.74, 6) is 2.75. The largest absolute Gasteiger partial charge is 0.381 e. The number of rotatable bonds is 4. The van der Waals surface area contributed by atoms with Crippen molar-refractivity contribution in [2.45, 2.75) is 60.3 Å². The van der Waals surface area contributed by atoms with Crippen molar-refractivity contribution < 1.29 is 4.74 Å². The lowest BCUT2D eigenvalue weighted by Gasteiger charge is -2.30. The lowest BCUT2D eigenvalue weighted by atomic mass is 9.79. The molecular weight excluding hydrogens is 184 g/mol. The molecule has 1 unspecified atom stereocenters. The third kappa shape index (κ3) is 6.19. The second kappa shape index (κ2) is 9.21. The van der Waals surface area contributed by atoms with Gasteiger partial charge in [-0.25, -0.2) is 0 Å². The fourth-order valence-electron chi connectivity index (χ4n) is 2.49. The molecule has 0 bridgehead atoms. The molecule has 1 atom stereocenters. The van der Waals surface area contributed by atoms with Gasteiger partial charge in [-0.1, -0.05) is 41.0 Å². The zero-order valence-corrected chi connectivity index (χ0v) is 11.4. The summed E-state index contributed by atoms with van der Waals surface area (Å²) >= 11 is 0. The minimum Gasteiger partial charge on any atom is -0.381 e. The third-order valence-corrected chi connectivity index (χ3v) is 3.23. The molecular formula is C14H30O. The van der Waals surface area contributed by atoms with Crippen molar-refractivity contribution in [1.82, 2.24) is 0 Å². The quantitative estimate of drug-likeness (QED) is 0.669. The molecule has 0 aliphatic carbocycles. The molecule has 1 fully saturated rings. The van der Waals surface area contributed by atoms with E-state index in [9.17, 15) is 0 Å². The molecule has 1 aliphatic rings. The molecule has 1 heteroatoms. The van der Waals surface area contributed by atoms with Gasteiger partial charge >= 0.3 is 0 Å². The molecule has 0 amide bonds. The number of ether oxygens (including phenoxy) is 1. The van der Waals surface area contributed by atoms with Gasteiger partial charge in [0.05, 0.1) is 0 Å². The van der Waals surface area contributed by atoms with Crippen LogP contribution >= 0.6 is 0 Å². The Morgan fingerprint density at radius 3 is 2.07 bits per heavy atom. The lowest BCUT2D eigenvalue weighted by molar-refractivity contribution is 0.0418. The van der Waals surface area contributed by atoms with Gasteiger partial charge in [0, 0.05) is 13.2 Å². The maximum absolute atomic E-state index is 5.40. The summed E-state index contributed by atoms with van der Waals surface area (Å²) in [6.07, 6.45) is 5.35. The summed E-state index contributed by atoms with van der Waals surface area (Å²) in [6.45, 7) is 13.0. The molecule has 92 valence electrons. The fourth-order valence-corrected chi connectivity index (χ4v) is 2.49. The van der Waals surface area contributed by atoms with Gasteiger partial charge in [-0.15, -0.1) is 0 Å². The van der Waals surface area contributed by atoms with Crippen molar-refractivity contribution in [2.75, 3.05) is 13.2 Å². The van der Waals surface area contributed by atoms with E-state index in [1.807, 2.05) is 13.8 Å². The Labute approximate surface area is 96.6 Å². The Bertz CT molecular complexity index is 125. The van der Waals surface area contributed by atoms with Crippen LogP contribution < -0.4 is 0 Å².